The van der Waals surface area contributed by atoms with Crippen molar-refractivity contribution in [1.82, 2.24) is 10.3 Å². The average molecular weight is 233 g/mol. The maximum Gasteiger partial charge on any atom is 0.244 e. The van der Waals surface area contributed by atoms with Crippen molar-refractivity contribution < 1.29 is 4.79 Å². The minimum absolute atomic E-state index is 0.0324. The van der Waals surface area contributed by atoms with Crippen molar-refractivity contribution in [2.45, 2.75) is 32.7 Å². The van der Waals surface area contributed by atoms with Crippen molar-refractivity contribution >= 4 is 11.6 Å². The number of carbonyl (C=O) groups is 1. The molecule has 92 valence electrons. The fraction of sp³-hybridized carbons (Fsp3) is 0.538. The Morgan fingerprint density at radius 2 is 2.35 bits per heavy atom. The number of carbonyl (C=O) groups excluding carboxylic acids is 1. The van der Waals surface area contributed by atoms with Crippen LogP contribution in [0.25, 0.3) is 0 Å². The predicted molar refractivity (Wildman–Crippen MR) is 68.0 cm³/mol. The van der Waals surface area contributed by atoms with Crippen LogP contribution in [0.3, 0.4) is 0 Å². The molecule has 0 saturated carbocycles. The topological polar surface area (TPSA) is 45.2 Å². The number of anilines is 1. The van der Waals surface area contributed by atoms with E-state index in [1.165, 1.54) is 0 Å². The largest absolute Gasteiger partial charge is 0.310 e. The number of rotatable bonds is 3. The normalized spacial score (nSPS) is 20.7. The van der Waals surface area contributed by atoms with Crippen molar-refractivity contribution in [3.05, 3.63) is 24.0 Å². The summed E-state index contributed by atoms with van der Waals surface area (Å²) in [6.07, 6.45) is 3.75. The highest BCUT2D eigenvalue weighted by molar-refractivity contribution is 5.97. The van der Waals surface area contributed by atoms with E-state index in [9.17, 15) is 4.79 Å². The fourth-order valence-electron chi connectivity index (χ4n) is 2.19. The summed E-state index contributed by atoms with van der Waals surface area (Å²) in [5.41, 5.74) is 1.88. The van der Waals surface area contributed by atoms with E-state index in [0.717, 1.165) is 37.3 Å². The van der Waals surface area contributed by atoms with Gasteiger partial charge in [-0.15, -0.1) is 0 Å². The average Bonchev–Trinajstić information content (AvgIpc) is 2.34. The van der Waals surface area contributed by atoms with Crippen molar-refractivity contribution in [2.24, 2.45) is 0 Å². The van der Waals surface area contributed by atoms with Crippen LogP contribution in [0.5, 0.6) is 0 Å². The van der Waals surface area contributed by atoms with Gasteiger partial charge in [-0.3, -0.25) is 9.78 Å². The van der Waals surface area contributed by atoms with Crippen molar-refractivity contribution in [3.63, 3.8) is 0 Å². The molecule has 1 N–H and O–H groups in total. The van der Waals surface area contributed by atoms with Crippen LogP contribution in [-0.4, -0.2) is 30.0 Å². The number of amides is 1. The molecule has 1 atom stereocenters. The summed E-state index contributed by atoms with van der Waals surface area (Å²) in [7, 11) is 0. The molecule has 17 heavy (non-hydrogen) atoms. The van der Waals surface area contributed by atoms with E-state index in [1.807, 2.05) is 30.9 Å². The Morgan fingerprint density at radius 3 is 3.00 bits per heavy atom. The standard InChI is InChI=1S/C13H19N3O/c1-3-14-12-5-4-8-16(13(12)17)11-7-6-10(2)15-9-11/h6-7,9,12,14H,3-5,8H2,1-2H3. The van der Waals surface area contributed by atoms with Crippen LogP contribution in [-0.2, 0) is 4.79 Å². The first-order chi connectivity index (χ1) is 8.22. The summed E-state index contributed by atoms with van der Waals surface area (Å²) in [6, 6.07) is 3.88. The molecule has 1 amide bonds. The van der Waals surface area contributed by atoms with Gasteiger partial charge in [-0.2, -0.15) is 0 Å². The van der Waals surface area contributed by atoms with Gasteiger partial charge in [0.2, 0.25) is 5.91 Å². The molecule has 4 heteroatoms. The van der Waals surface area contributed by atoms with Crippen LogP contribution in [0.1, 0.15) is 25.5 Å². The molecule has 1 aromatic rings. The molecule has 0 radical (unpaired) electrons. The Morgan fingerprint density at radius 1 is 1.53 bits per heavy atom. The molecular weight excluding hydrogens is 214 g/mol. The minimum Gasteiger partial charge on any atom is -0.310 e. The van der Waals surface area contributed by atoms with Gasteiger partial charge in [-0.25, -0.2) is 0 Å². The Bertz CT molecular complexity index is 386. The van der Waals surface area contributed by atoms with E-state index in [1.54, 1.807) is 6.20 Å². The number of nitrogens with zero attached hydrogens (tertiary/aromatic N) is 2. The van der Waals surface area contributed by atoms with Crippen LogP contribution in [0, 0.1) is 6.92 Å². The van der Waals surface area contributed by atoms with Crippen molar-refractivity contribution in [3.8, 4) is 0 Å². The molecule has 0 aliphatic carbocycles. The molecule has 4 nitrogen and oxygen atoms in total. The number of piperidine rings is 1. The van der Waals surface area contributed by atoms with Gasteiger partial charge in [-0.1, -0.05) is 6.92 Å². The number of hydrogen-bond donors (Lipinski definition) is 1. The number of aryl methyl sites for hydroxylation is 1. The fourth-order valence-corrected chi connectivity index (χ4v) is 2.19. The second-order valence-corrected chi connectivity index (χ2v) is 4.40. The van der Waals surface area contributed by atoms with Crippen LogP contribution in [0.15, 0.2) is 18.3 Å². The predicted octanol–water partition coefficient (Wildman–Crippen LogP) is 1.49. The molecule has 1 fully saturated rings. The first-order valence-electron chi connectivity index (χ1n) is 6.19. The van der Waals surface area contributed by atoms with E-state index in [0.29, 0.717) is 0 Å². The van der Waals surface area contributed by atoms with Crippen LogP contribution < -0.4 is 10.2 Å². The maximum absolute atomic E-state index is 12.2. The second kappa shape index (κ2) is 5.27. The SMILES string of the molecule is CCNC1CCCN(c2ccc(C)nc2)C1=O. The van der Waals surface area contributed by atoms with E-state index >= 15 is 0 Å². The third-order valence-electron chi connectivity index (χ3n) is 3.10. The van der Waals surface area contributed by atoms with Crippen molar-refractivity contribution in [2.75, 3.05) is 18.0 Å². The lowest BCUT2D eigenvalue weighted by atomic mass is 10.0. The number of aromatic nitrogens is 1. The Balaban J connectivity index is 2.14. The van der Waals surface area contributed by atoms with Gasteiger partial charge in [0.15, 0.2) is 0 Å². The van der Waals surface area contributed by atoms with Gasteiger partial charge in [0, 0.05) is 12.2 Å². The Labute approximate surface area is 102 Å². The molecule has 1 aromatic heterocycles. The highest BCUT2D eigenvalue weighted by atomic mass is 16.2. The third-order valence-corrected chi connectivity index (χ3v) is 3.10. The Hall–Kier alpha value is -1.42. The number of pyridine rings is 1. The number of nitrogens with one attached hydrogen (secondary N) is 1. The summed E-state index contributed by atoms with van der Waals surface area (Å²) in [6.45, 7) is 5.60. The van der Waals surface area contributed by atoms with Gasteiger partial charge in [0.05, 0.1) is 17.9 Å². The van der Waals surface area contributed by atoms with E-state index in [-0.39, 0.29) is 11.9 Å². The van der Waals surface area contributed by atoms with Crippen LogP contribution in [0.4, 0.5) is 5.69 Å². The van der Waals surface area contributed by atoms with Gasteiger partial charge < -0.3 is 10.2 Å². The minimum atomic E-state index is -0.0324. The first kappa shape index (κ1) is 12.0. The summed E-state index contributed by atoms with van der Waals surface area (Å²) in [4.78, 5) is 18.3. The lowest BCUT2D eigenvalue weighted by molar-refractivity contribution is -0.121. The Kier molecular flexibility index (Phi) is 3.74. The third kappa shape index (κ3) is 2.64. The molecule has 1 aliphatic heterocycles. The highest BCUT2D eigenvalue weighted by Crippen LogP contribution is 2.20. The molecule has 0 spiro atoms. The summed E-state index contributed by atoms with van der Waals surface area (Å²) in [5.74, 6) is 0.170. The van der Waals surface area contributed by atoms with Gasteiger partial charge in [0.1, 0.15) is 0 Å². The van der Waals surface area contributed by atoms with E-state index in [4.69, 9.17) is 0 Å². The molecule has 1 saturated heterocycles. The number of likely N-dealkylation sites (N-methyl/N-ethyl adjacent to an activating group) is 1. The second-order valence-electron chi connectivity index (χ2n) is 4.40. The smallest absolute Gasteiger partial charge is 0.244 e. The lowest BCUT2D eigenvalue weighted by Gasteiger charge is -2.32. The van der Waals surface area contributed by atoms with Gasteiger partial charge in [0.25, 0.3) is 0 Å². The molecule has 2 rings (SSSR count). The summed E-state index contributed by atoms with van der Waals surface area (Å²) >= 11 is 0. The summed E-state index contributed by atoms with van der Waals surface area (Å²) < 4.78 is 0. The molecule has 0 bridgehead atoms. The zero-order valence-electron chi connectivity index (χ0n) is 10.4. The van der Waals surface area contributed by atoms with E-state index in [2.05, 4.69) is 10.3 Å². The zero-order valence-corrected chi connectivity index (χ0v) is 10.4. The molecule has 2 heterocycles. The molecular formula is C13H19N3O. The van der Waals surface area contributed by atoms with Crippen LogP contribution in [0.2, 0.25) is 0 Å². The molecule has 0 aromatic carbocycles. The van der Waals surface area contributed by atoms with E-state index < -0.39 is 0 Å². The molecule has 1 unspecified atom stereocenters. The number of hydrogen-bond acceptors (Lipinski definition) is 3. The zero-order chi connectivity index (χ0) is 12.3. The maximum atomic E-state index is 12.2. The quantitative estimate of drug-likeness (QED) is 0.860. The van der Waals surface area contributed by atoms with Gasteiger partial charge in [-0.05, 0) is 38.4 Å². The lowest BCUT2D eigenvalue weighted by Crippen LogP contribution is -2.50. The van der Waals surface area contributed by atoms with Crippen LogP contribution >= 0.6 is 0 Å². The van der Waals surface area contributed by atoms with Gasteiger partial charge >= 0.3 is 0 Å². The summed E-state index contributed by atoms with van der Waals surface area (Å²) in [5, 5.41) is 3.23. The molecule has 1 aliphatic rings. The highest BCUT2D eigenvalue weighted by Gasteiger charge is 2.28. The monoisotopic (exact) mass is 233 g/mol. The first-order valence-corrected chi connectivity index (χ1v) is 6.19. The van der Waals surface area contributed by atoms with Crippen molar-refractivity contribution in [1.29, 1.82) is 0 Å².